The van der Waals surface area contributed by atoms with Crippen LogP contribution in [0.5, 0.6) is 0 Å². The largest absolute Gasteiger partial charge is 0.450 e. The fourth-order valence-electron chi connectivity index (χ4n) is 8.11. The molecule has 1 aromatic heterocycles. The lowest BCUT2D eigenvalue weighted by atomic mass is 9.74. The Morgan fingerprint density at radius 3 is 2.20 bits per heavy atom. The Bertz CT molecular complexity index is 1180. The molecule has 0 N–H and O–H groups in total. The highest BCUT2D eigenvalue weighted by Gasteiger charge is 2.51. The van der Waals surface area contributed by atoms with E-state index in [1.807, 2.05) is 30.6 Å². The zero-order chi connectivity index (χ0) is 32.2. The average Bonchev–Trinajstić information content (AvgIpc) is 3.03. The highest BCUT2D eigenvalue weighted by atomic mass is 16.6. The SMILES string of the molecule is CCCC[C@H]1CN(CC2CCN(C(=O)OCC)CC2)C(=O)OC12CCN(C1(C)CCN(C(=O)c3c(C)ncnc3C)CC1)CC2. The lowest BCUT2D eigenvalue weighted by molar-refractivity contribution is -0.134. The summed E-state index contributed by atoms with van der Waals surface area (Å²) in [5.41, 5.74) is 1.72. The van der Waals surface area contributed by atoms with Crippen molar-refractivity contribution in [3.63, 3.8) is 0 Å². The normalized spacial score (nSPS) is 24.1. The third-order valence-corrected chi connectivity index (χ3v) is 11.2. The molecular weight excluding hydrogens is 572 g/mol. The quantitative estimate of drug-likeness (QED) is 0.395. The fourth-order valence-corrected chi connectivity index (χ4v) is 8.11. The molecule has 0 radical (unpaired) electrons. The first-order valence-electron chi connectivity index (χ1n) is 17.3. The molecule has 45 heavy (non-hydrogen) atoms. The zero-order valence-electron chi connectivity index (χ0n) is 28.2. The molecule has 3 amide bonds. The Morgan fingerprint density at radius 1 is 0.956 bits per heavy atom. The van der Waals surface area contributed by atoms with E-state index in [1.165, 1.54) is 6.33 Å². The summed E-state index contributed by atoms with van der Waals surface area (Å²) in [6, 6.07) is 0. The van der Waals surface area contributed by atoms with Crippen LogP contribution in [-0.4, -0.2) is 118 Å². The van der Waals surface area contributed by atoms with Crippen LogP contribution < -0.4 is 0 Å². The maximum absolute atomic E-state index is 13.5. The number of amides is 3. The van der Waals surface area contributed by atoms with Gasteiger partial charge in [0, 0.05) is 76.7 Å². The number of aromatic nitrogens is 2. The second-order valence-corrected chi connectivity index (χ2v) is 14.0. The van der Waals surface area contributed by atoms with E-state index in [2.05, 4.69) is 28.7 Å². The lowest BCUT2D eigenvalue weighted by Gasteiger charge is -2.55. The van der Waals surface area contributed by atoms with Gasteiger partial charge in [-0.3, -0.25) is 9.69 Å². The lowest BCUT2D eigenvalue weighted by Crippen LogP contribution is -2.64. The van der Waals surface area contributed by atoms with Crippen LogP contribution in [-0.2, 0) is 9.47 Å². The van der Waals surface area contributed by atoms with Crippen molar-refractivity contribution in [3.8, 4) is 0 Å². The summed E-state index contributed by atoms with van der Waals surface area (Å²) in [4.78, 5) is 55.8. The van der Waals surface area contributed by atoms with Gasteiger partial charge >= 0.3 is 12.2 Å². The first-order valence-corrected chi connectivity index (χ1v) is 17.3. The predicted octanol–water partition coefficient (Wildman–Crippen LogP) is 5.05. The number of rotatable bonds is 8. The number of piperidine rings is 3. The molecule has 0 bridgehead atoms. The van der Waals surface area contributed by atoms with Crippen molar-refractivity contribution in [3.05, 3.63) is 23.3 Å². The van der Waals surface area contributed by atoms with Crippen LogP contribution in [0.25, 0.3) is 0 Å². The third kappa shape index (κ3) is 7.23. The molecule has 0 aromatic carbocycles. The smallest absolute Gasteiger partial charge is 0.410 e. The van der Waals surface area contributed by atoms with Gasteiger partial charge < -0.3 is 24.2 Å². The fraction of sp³-hybridized carbons (Fsp3) is 0.794. The van der Waals surface area contributed by atoms with Crippen molar-refractivity contribution in [1.82, 2.24) is 29.6 Å². The first kappa shape index (κ1) is 33.4. The maximum atomic E-state index is 13.5. The van der Waals surface area contributed by atoms with Crippen LogP contribution in [0.4, 0.5) is 9.59 Å². The van der Waals surface area contributed by atoms with Gasteiger partial charge in [-0.2, -0.15) is 0 Å². The van der Waals surface area contributed by atoms with Gasteiger partial charge in [0.25, 0.3) is 5.91 Å². The van der Waals surface area contributed by atoms with E-state index in [1.54, 1.807) is 4.90 Å². The van der Waals surface area contributed by atoms with Crippen LogP contribution in [0.1, 0.15) is 100 Å². The summed E-state index contributed by atoms with van der Waals surface area (Å²) in [6.45, 7) is 16.6. The molecule has 0 unspecified atom stereocenters. The van der Waals surface area contributed by atoms with Crippen molar-refractivity contribution in [1.29, 1.82) is 0 Å². The van der Waals surface area contributed by atoms with E-state index < -0.39 is 5.60 Å². The number of aryl methyl sites for hydroxylation is 2. The van der Waals surface area contributed by atoms with Gasteiger partial charge in [0.05, 0.1) is 23.6 Å². The number of carbonyl (C=O) groups excluding carboxylic acids is 3. The molecule has 4 aliphatic rings. The van der Waals surface area contributed by atoms with Crippen LogP contribution >= 0.6 is 0 Å². The molecule has 250 valence electrons. The van der Waals surface area contributed by atoms with Crippen LogP contribution in [0.15, 0.2) is 6.33 Å². The molecule has 5 rings (SSSR count). The van der Waals surface area contributed by atoms with Gasteiger partial charge in [-0.25, -0.2) is 19.6 Å². The van der Waals surface area contributed by atoms with Crippen LogP contribution in [0, 0.1) is 25.7 Å². The van der Waals surface area contributed by atoms with Crippen molar-refractivity contribution in [2.75, 3.05) is 59.0 Å². The summed E-state index contributed by atoms with van der Waals surface area (Å²) in [6.07, 6.45) is 9.74. The highest BCUT2D eigenvalue weighted by Crippen LogP contribution is 2.43. The molecule has 1 atom stereocenters. The Labute approximate surface area is 269 Å². The second-order valence-electron chi connectivity index (χ2n) is 14.0. The summed E-state index contributed by atoms with van der Waals surface area (Å²) < 4.78 is 11.6. The molecule has 0 saturated carbocycles. The van der Waals surface area contributed by atoms with Crippen molar-refractivity contribution in [2.45, 2.75) is 104 Å². The zero-order valence-corrected chi connectivity index (χ0v) is 28.2. The minimum absolute atomic E-state index is 0.0116. The molecule has 1 aromatic rings. The summed E-state index contributed by atoms with van der Waals surface area (Å²) >= 11 is 0. The number of nitrogens with zero attached hydrogens (tertiary/aromatic N) is 6. The van der Waals surface area contributed by atoms with Gasteiger partial charge in [0.15, 0.2) is 0 Å². The Kier molecular flexibility index (Phi) is 10.6. The molecule has 5 heterocycles. The Morgan fingerprint density at radius 2 is 1.60 bits per heavy atom. The molecule has 4 fully saturated rings. The minimum atomic E-state index is -0.401. The standard InChI is InChI=1S/C34H54N6O5/c1-6-8-9-28-23-39(22-27-10-16-38(17-11-27)31(42)44-7-2)32(43)45-34(28)14-20-40(21-15-34)33(5)12-18-37(19-13-33)30(41)29-25(3)35-24-36-26(29)4/h24,27-28H,6-23H2,1-5H3/t28-/m0/s1. The molecule has 4 aliphatic heterocycles. The van der Waals surface area contributed by atoms with E-state index in [4.69, 9.17) is 9.47 Å². The van der Waals surface area contributed by atoms with E-state index in [-0.39, 0.29) is 23.6 Å². The topological polar surface area (TPSA) is 108 Å². The summed E-state index contributed by atoms with van der Waals surface area (Å²) in [5, 5.41) is 0. The third-order valence-electron chi connectivity index (χ3n) is 11.2. The number of hydrogen-bond donors (Lipinski definition) is 0. The van der Waals surface area contributed by atoms with Gasteiger partial charge in [-0.15, -0.1) is 0 Å². The second kappa shape index (κ2) is 14.2. The van der Waals surface area contributed by atoms with E-state index in [9.17, 15) is 14.4 Å². The average molecular weight is 627 g/mol. The molecular formula is C34H54N6O5. The molecule has 4 saturated heterocycles. The molecule has 11 nitrogen and oxygen atoms in total. The van der Waals surface area contributed by atoms with E-state index in [0.29, 0.717) is 56.7 Å². The molecule has 11 heteroatoms. The molecule has 1 spiro atoms. The number of unbranched alkanes of at least 4 members (excludes halogenated alkanes) is 1. The number of likely N-dealkylation sites (tertiary alicyclic amines) is 3. The van der Waals surface area contributed by atoms with Crippen molar-refractivity contribution >= 4 is 18.1 Å². The first-order chi connectivity index (χ1) is 21.6. The van der Waals surface area contributed by atoms with Gasteiger partial charge in [-0.05, 0) is 65.7 Å². The summed E-state index contributed by atoms with van der Waals surface area (Å²) in [5.74, 6) is 0.724. The van der Waals surface area contributed by atoms with Gasteiger partial charge in [-0.1, -0.05) is 19.8 Å². The van der Waals surface area contributed by atoms with E-state index >= 15 is 0 Å². The van der Waals surface area contributed by atoms with E-state index in [0.717, 1.165) is 88.8 Å². The number of carbonyl (C=O) groups is 3. The number of hydrogen-bond acceptors (Lipinski definition) is 8. The monoisotopic (exact) mass is 626 g/mol. The van der Waals surface area contributed by atoms with Crippen LogP contribution in [0.2, 0.25) is 0 Å². The maximum Gasteiger partial charge on any atom is 0.410 e. The van der Waals surface area contributed by atoms with Crippen molar-refractivity contribution in [2.24, 2.45) is 11.8 Å². The van der Waals surface area contributed by atoms with Gasteiger partial charge in [0.1, 0.15) is 11.9 Å². The molecule has 0 aliphatic carbocycles. The summed E-state index contributed by atoms with van der Waals surface area (Å²) in [7, 11) is 0. The van der Waals surface area contributed by atoms with Crippen LogP contribution in [0.3, 0.4) is 0 Å². The Hall–Kier alpha value is -2.95. The van der Waals surface area contributed by atoms with Crippen molar-refractivity contribution < 1.29 is 23.9 Å². The highest BCUT2D eigenvalue weighted by molar-refractivity contribution is 5.96. The Balaban J connectivity index is 1.16. The minimum Gasteiger partial charge on any atom is -0.450 e. The van der Waals surface area contributed by atoms with Gasteiger partial charge in [0.2, 0.25) is 0 Å². The number of ether oxygens (including phenoxy) is 2. The predicted molar refractivity (Wildman–Crippen MR) is 171 cm³/mol.